The van der Waals surface area contributed by atoms with E-state index in [9.17, 15) is 4.79 Å². The third kappa shape index (κ3) is 2.22. The number of nitrogens with two attached hydrogens (primary N) is 1. The summed E-state index contributed by atoms with van der Waals surface area (Å²) in [6.07, 6.45) is 2.40. The first-order chi connectivity index (χ1) is 8.67. The number of amides is 1. The summed E-state index contributed by atoms with van der Waals surface area (Å²) in [5.74, 6) is -0.0636. The highest BCUT2D eigenvalue weighted by atomic mass is 16.2. The van der Waals surface area contributed by atoms with E-state index in [-0.39, 0.29) is 11.8 Å². The van der Waals surface area contributed by atoms with E-state index in [0.717, 1.165) is 23.1 Å². The van der Waals surface area contributed by atoms with Crippen molar-refractivity contribution in [1.82, 2.24) is 9.97 Å². The predicted molar refractivity (Wildman–Crippen MR) is 72.3 cm³/mol. The molecule has 1 aromatic heterocycles. The molecule has 1 unspecified atom stereocenters. The molecule has 96 valence electrons. The molecule has 1 amide bonds. The number of aromatic amines is 1. The molecule has 0 saturated carbocycles. The fourth-order valence-electron chi connectivity index (χ4n) is 1.98. The van der Waals surface area contributed by atoms with Gasteiger partial charge in [-0.15, -0.1) is 0 Å². The summed E-state index contributed by atoms with van der Waals surface area (Å²) in [4.78, 5) is 21.0. The van der Waals surface area contributed by atoms with Gasteiger partial charge >= 0.3 is 0 Å². The van der Waals surface area contributed by atoms with Gasteiger partial charge in [-0.3, -0.25) is 4.79 Å². The first-order valence-electron chi connectivity index (χ1n) is 6.08. The van der Waals surface area contributed by atoms with Gasteiger partial charge in [0.15, 0.2) is 0 Å². The minimum atomic E-state index is -0.118. The lowest BCUT2D eigenvalue weighted by atomic mass is 10.1. The van der Waals surface area contributed by atoms with E-state index in [1.165, 1.54) is 0 Å². The monoisotopic (exact) mass is 246 g/mol. The number of carbonyl (C=O) groups is 1. The lowest BCUT2D eigenvalue weighted by Gasteiger charge is -2.22. The zero-order chi connectivity index (χ0) is 13.1. The smallest absolute Gasteiger partial charge is 0.231 e. The van der Waals surface area contributed by atoms with Gasteiger partial charge < -0.3 is 15.6 Å². The van der Waals surface area contributed by atoms with Crippen LogP contribution in [0.3, 0.4) is 0 Å². The zero-order valence-corrected chi connectivity index (χ0v) is 10.7. The Hall–Kier alpha value is -1.88. The normalized spacial score (nSPS) is 12.6. The van der Waals surface area contributed by atoms with Crippen LogP contribution in [-0.4, -0.2) is 29.5 Å². The Balaban J connectivity index is 2.26. The van der Waals surface area contributed by atoms with Gasteiger partial charge in [-0.25, -0.2) is 4.98 Å². The van der Waals surface area contributed by atoms with Gasteiger partial charge in [-0.1, -0.05) is 6.92 Å². The molecule has 1 heterocycles. The van der Waals surface area contributed by atoms with Gasteiger partial charge in [0, 0.05) is 19.3 Å². The van der Waals surface area contributed by atoms with Crippen molar-refractivity contribution in [2.24, 2.45) is 11.7 Å². The lowest BCUT2D eigenvalue weighted by molar-refractivity contribution is -0.121. The highest BCUT2D eigenvalue weighted by Crippen LogP contribution is 2.20. The standard InChI is InChI=1S/C13H18N4O/c1-3-9(7-14)13(18)17(2)10-4-5-11-12(6-10)16-8-15-11/h4-6,8-9H,3,7,14H2,1-2H3,(H,15,16). The van der Waals surface area contributed by atoms with Crippen LogP contribution in [0.4, 0.5) is 5.69 Å². The van der Waals surface area contributed by atoms with Crippen LogP contribution in [0.1, 0.15) is 13.3 Å². The topological polar surface area (TPSA) is 75.0 Å². The fourth-order valence-corrected chi connectivity index (χ4v) is 1.98. The predicted octanol–water partition coefficient (Wildman–Crippen LogP) is 1.51. The summed E-state index contributed by atoms with van der Waals surface area (Å²) >= 11 is 0. The summed E-state index contributed by atoms with van der Waals surface area (Å²) in [5, 5.41) is 0. The van der Waals surface area contributed by atoms with Gasteiger partial charge in [0.1, 0.15) is 0 Å². The number of benzene rings is 1. The van der Waals surface area contributed by atoms with Crippen LogP contribution in [0, 0.1) is 5.92 Å². The van der Waals surface area contributed by atoms with E-state index in [4.69, 9.17) is 5.73 Å². The van der Waals surface area contributed by atoms with Crippen LogP contribution in [0.25, 0.3) is 11.0 Å². The highest BCUT2D eigenvalue weighted by molar-refractivity contribution is 5.96. The van der Waals surface area contributed by atoms with Gasteiger partial charge in [-0.05, 0) is 24.6 Å². The molecule has 2 rings (SSSR count). The third-order valence-corrected chi connectivity index (χ3v) is 3.25. The fraction of sp³-hybridized carbons (Fsp3) is 0.385. The molecule has 1 atom stereocenters. The second-order valence-corrected chi connectivity index (χ2v) is 4.34. The molecule has 5 heteroatoms. The maximum absolute atomic E-state index is 12.2. The highest BCUT2D eigenvalue weighted by Gasteiger charge is 2.20. The van der Waals surface area contributed by atoms with Crippen molar-refractivity contribution in [3.05, 3.63) is 24.5 Å². The van der Waals surface area contributed by atoms with Gasteiger partial charge in [0.05, 0.1) is 23.3 Å². The van der Waals surface area contributed by atoms with Crippen LogP contribution < -0.4 is 10.6 Å². The SMILES string of the molecule is CCC(CN)C(=O)N(C)c1ccc2nc[nH]c2c1. The van der Waals surface area contributed by atoms with Gasteiger partial charge in [-0.2, -0.15) is 0 Å². The Kier molecular flexibility index (Phi) is 3.62. The molecule has 3 N–H and O–H groups in total. The number of hydrogen-bond donors (Lipinski definition) is 2. The van der Waals surface area contributed by atoms with Crippen molar-refractivity contribution in [2.45, 2.75) is 13.3 Å². The lowest BCUT2D eigenvalue weighted by Crippen LogP contribution is -2.36. The zero-order valence-electron chi connectivity index (χ0n) is 10.7. The number of aromatic nitrogens is 2. The molecule has 0 radical (unpaired) electrons. The number of fused-ring (bicyclic) bond motifs is 1. The Bertz CT molecular complexity index is 545. The molecule has 1 aromatic carbocycles. The van der Waals surface area contributed by atoms with E-state index in [1.807, 2.05) is 25.1 Å². The van der Waals surface area contributed by atoms with Gasteiger partial charge in [0.2, 0.25) is 5.91 Å². The van der Waals surface area contributed by atoms with Crippen LogP contribution in [0.2, 0.25) is 0 Å². The first kappa shape index (κ1) is 12.6. The summed E-state index contributed by atoms with van der Waals surface area (Å²) in [6.45, 7) is 2.35. The molecule has 0 aliphatic carbocycles. The average molecular weight is 246 g/mol. The second-order valence-electron chi connectivity index (χ2n) is 4.34. The molecule has 18 heavy (non-hydrogen) atoms. The second kappa shape index (κ2) is 5.18. The summed E-state index contributed by atoms with van der Waals surface area (Å²) < 4.78 is 0. The number of nitrogens with one attached hydrogen (secondary N) is 1. The summed E-state index contributed by atoms with van der Waals surface area (Å²) in [7, 11) is 1.78. The number of hydrogen-bond acceptors (Lipinski definition) is 3. The minimum absolute atomic E-state index is 0.0545. The van der Waals surface area contributed by atoms with Crippen LogP contribution in [-0.2, 0) is 4.79 Å². The number of anilines is 1. The average Bonchev–Trinajstić information content (AvgIpc) is 2.86. The van der Waals surface area contributed by atoms with Crippen molar-refractivity contribution in [3.63, 3.8) is 0 Å². The minimum Gasteiger partial charge on any atom is -0.345 e. The van der Waals surface area contributed by atoms with Crippen LogP contribution in [0.5, 0.6) is 0 Å². The third-order valence-electron chi connectivity index (χ3n) is 3.25. The van der Waals surface area contributed by atoms with E-state index in [2.05, 4.69) is 9.97 Å². The molecule has 0 saturated heterocycles. The molecule has 0 bridgehead atoms. The van der Waals surface area contributed by atoms with E-state index >= 15 is 0 Å². The van der Waals surface area contributed by atoms with Gasteiger partial charge in [0.25, 0.3) is 0 Å². The van der Waals surface area contributed by atoms with Crippen molar-refractivity contribution in [2.75, 3.05) is 18.5 Å². The molecule has 0 spiro atoms. The number of carbonyl (C=O) groups excluding carboxylic acids is 1. The molecule has 5 nitrogen and oxygen atoms in total. The quantitative estimate of drug-likeness (QED) is 0.858. The van der Waals surface area contributed by atoms with E-state index in [1.54, 1.807) is 18.3 Å². The first-order valence-corrected chi connectivity index (χ1v) is 6.08. The Morgan fingerprint density at radius 3 is 3.00 bits per heavy atom. The molecular weight excluding hydrogens is 228 g/mol. The number of H-pyrrole nitrogens is 1. The maximum atomic E-state index is 12.2. The van der Waals surface area contributed by atoms with Crippen LogP contribution in [0.15, 0.2) is 24.5 Å². The number of rotatable bonds is 4. The Morgan fingerprint density at radius 1 is 1.56 bits per heavy atom. The summed E-state index contributed by atoms with van der Waals surface area (Å²) in [5.41, 5.74) is 8.28. The summed E-state index contributed by atoms with van der Waals surface area (Å²) in [6, 6.07) is 5.71. The van der Waals surface area contributed by atoms with Crippen molar-refractivity contribution >= 4 is 22.6 Å². The maximum Gasteiger partial charge on any atom is 0.231 e. The van der Waals surface area contributed by atoms with Crippen molar-refractivity contribution in [1.29, 1.82) is 0 Å². The Morgan fingerprint density at radius 2 is 2.33 bits per heavy atom. The number of imidazole rings is 1. The Labute approximate surface area is 106 Å². The molecule has 0 aliphatic rings. The largest absolute Gasteiger partial charge is 0.345 e. The molecule has 0 aliphatic heterocycles. The van der Waals surface area contributed by atoms with Crippen LogP contribution >= 0.6 is 0 Å². The van der Waals surface area contributed by atoms with Crippen molar-refractivity contribution < 1.29 is 4.79 Å². The van der Waals surface area contributed by atoms with E-state index in [0.29, 0.717) is 6.54 Å². The number of nitrogens with zero attached hydrogens (tertiary/aromatic N) is 2. The van der Waals surface area contributed by atoms with E-state index < -0.39 is 0 Å². The molecular formula is C13H18N4O. The van der Waals surface area contributed by atoms with Crippen molar-refractivity contribution in [3.8, 4) is 0 Å². The molecule has 0 fully saturated rings. The molecule has 2 aromatic rings.